The van der Waals surface area contributed by atoms with Crippen molar-refractivity contribution in [2.75, 3.05) is 13.2 Å². The van der Waals surface area contributed by atoms with Gasteiger partial charge in [0.15, 0.2) is 0 Å². The number of H-pyrrole nitrogens is 1. The number of rotatable bonds is 6. The van der Waals surface area contributed by atoms with Crippen molar-refractivity contribution >= 4 is 22.6 Å². The van der Waals surface area contributed by atoms with E-state index in [0.29, 0.717) is 23.0 Å². The van der Waals surface area contributed by atoms with E-state index < -0.39 is 12.2 Å². The van der Waals surface area contributed by atoms with Gasteiger partial charge in [0, 0.05) is 12.0 Å². The lowest BCUT2D eigenvalue weighted by molar-refractivity contribution is -0.131. The van der Waals surface area contributed by atoms with Gasteiger partial charge >= 0.3 is 0 Å². The Balaban J connectivity index is 1.20. The zero-order chi connectivity index (χ0) is 25.4. The Bertz CT molecular complexity index is 1500. The van der Waals surface area contributed by atoms with Crippen molar-refractivity contribution in [2.45, 2.75) is 24.7 Å². The molecule has 3 atom stereocenters. The summed E-state index contributed by atoms with van der Waals surface area (Å²) in [6, 6.07) is 20.4. The number of imidazole rings is 1. The van der Waals surface area contributed by atoms with Crippen molar-refractivity contribution in [1.82, 2.24) is 24.7 Å². The number of aromatic amines is 1. The fourth-order valence-electron chi connectivity index (χ4n) is 4.52. The third-order valence-electron chi connectivity index (χ3n) is 6.52. The van der Waals surface area contributed by atoms with Crippen LogP contribution in [0.1, 0.15) is 6.42 Å². The molecule has 1 aliphatic heterocycles. The van der Waals surface area contributed by atoms with Gasteiger partial charge in [-0.3, -0.25) is 0 Å². The summed E-state index contributed by atoms with van der Waals surface area (Å²) in [7, 11) is 0. The molecule has 188 valence electrons. The molecule has 5 aromatic rings. The van der Waals surface area contributed by atoms with Crippen LogP contribution in [-0.2, 0) is 4.74 Å². The van der Waals surface area contributed by atoms with Crippen LogP contribution in [0.5, 0.6) is 6.01 Å². The molecule has 0 aliphatic carbocycles. The Hall–Kier alpha value is -3.76. The molecule has 1 fully saturated rings. The normalized spacial score (nSPS) is 19.8. The third kappa shape index (κ3) is 4.82. The minimum absolute atomic E-state index is 0.225. The number of benzene rings is 3. The molecule has 0 spiro atoms. The Labute approximate surface area is 217 Å². The number of ether oxygens (including phenoxy) is 2. The summed E-state index contributed by atoms with van der Waals surface area (Å²) in [4.78, 5) is 11.7. The SMILES string of the molecule is OC[C@H]1OC[C@H](Oc2nc3cc(-c4ccc(-c5ccc(-n6cncn6)cc5)cc4)c(Cl)cc3[nH]2)C[C@@H]1O. The second-order valence-corrected chi connectivity index (χ2v) is 9.36. The molecule has 10 heteroatoms. The number of aromatic nitrogens is 5. The first-order valence-corrected chi connectivity index (χ1v) is 12.3. The summed E-state index contributed by atoms with van der Waals surface area (Å²) in [5.74, 6) is 0. The zero-order valence-corrected chi connectivity index (χ0v) is 20.4. The molecule has 0 unspecified atom stereocenters. The van der Waals surface area contributed by atoms with Gasteiger partial charge in [-0.2, -0.15) is 10.1 Å². The Morgan fingerprint density at radius 1 is 1.05 bits per heavy atom. The van der Waals surface area contributed by atoms with E-state index in [1.165, 1.54) is 6.33 Å². The number of aliphatic hydroxyl groups is 2. The zero-order valence-electron chi connectivity index (χ0n) is 19.7. The van der Waals surface area contributed by atoms with Crippen LogP contribution >= 0.6 is 11.6 Å². The van der Waals surface area contributed by atoms with Crippen LogP contribution in [-0.4, -0.2) is 66.5 Å². The van der Waals surface area contributed by atoms with E-state index >= 15 is 0 Å². The fourth-order valence-corrected chi connectivity index (χ4v) is 4.79. The Morgan fingerprint density at radius 3 is 2.46 bits per heavy atom. The van der Waals surface area contributed by atoms with E-state index in [1.54, 1.807) is 11.0 Å². The molecular formula is C27H24ClN5O4. The van der Waals surface area contributed by atoms with Gasteiger partial charge in [-0.05, 0) is 41.0 Å². The molecule has 0 radical (unpaired) electrons. The van der Waals surface area contributed by atoms with Crippen LogP contribution in [0.2, 0.25) is 5.02 Å². The first-order chi connectivity index (χ1) is 18.1. The highest BCUT2D eigenvalue weighted by atomic mass is 35.5. The van der Waals surface area contributed by atoms with Gasteiger partial charge in [0.2, 0.25) is 0 Å². The minimum Gasteiger partial charge on any atom is -0.459 e. The fraction of sp³-hybridized carbons (Fsp3) is 0.222. The second-order valence-electron chi connectivity index (χ2n) is 8.95. The lowest BCUT2D eigenvalue weighted by Crippen LogP contribution is -2.45. The molecule has 1 aliphatic rings. The number of nitrogens with one attached hydrogen (secondary N) is 1. The minimum atomic E-state index is -0.788. The van der Waals surface area contributed by atoms with Crippen molar-refractivity contribution in [1.29, 1.82) is 0 Å². The van der Waals surface area contributed by atoms with Crippen molar-refractivity contribution in [2.24, 2.45) is 0 Å². The second kappa shape index (κ2) is 9.95. The standard InChI is InChI=1S/C27H24ClN5O4/c28-22-11-24-23(31-27(32-24)37-20-9-25(35)26(12-34)36-13-20)10-21(22)18-3-1-16(2-4-18)17-5-7-19(8-6-17)33-15-29-14-30-33/h1-8,10-11,14-15,20,25-26,34-35H,9,12-13H2,(H,31,32)/t20-,25+,26-/m1/s1. The maximum atomic E-state index is 10.1. The van der Waals surface area contributed by atoms with Gasteiger partial charge in [0.25, 0.3) is 6.01 Å². The van der Waals surface area contributed by atoms with Crippen molar-refractivity contribution < 1.29 is 19.7 Å². The van der Waals surface area contributed by atoms with Crippen LogP contribution in [0.15, 0.2) is 73.3 Å². The lowest BCUT2D eigenvalue weighted by atomic mass is 10.00. The van der Waals surface area contributed by atoms with E-state index in [0.717, 1.165) is 33.5 Å². The lowest BCUT2D eigenvalue weighted by Gasteiger charge is -2.31. The van der Waals surface area contributed by atoms with Gasteiger partial charge in [-0.25, -0.2) is 9.67 Å². The number of fused-ring (bicyclic) bond motifs is 1. The van der Waals surface area contributed by atoms with Gasteiger partial charge in [-0.1, -0.05) is 48.0 Å². The monoisotopic (exact) mass is 517 g/mol. The average Bonchev–Trinajstić information content (AvgIpc) is 3.59. The molecule has 37 heavy (non-hydrogen) atoms. The molecule has 6 rings (SSSR count). The third-order valence-corrected chi connectivity index (χ3v) is 6.83. The molecule has 2 aromatic heterocycles. The van der Waals surface area contributed by atoms with E-state index in [9.17, 15) is 10.2 Å². The largest absolute Gasteiger partial charge is 0.459 e. The predicted molar refractivity (Wildman–Crippen MR) is 139 cm³/mol. The summed E-state index contributed by atoms with van der Waals surface area (Å²) in [6.07, 6.45) is 1.79. The molecule has 0 bridgehead atoms. The van der Waals surface area contributed by atoms with Crippen molar-refractivity contribution in [3.63, 3.8) is 0 Å². The van der Waals surface area contributed by atoms with E-state index in [2.05, 4.69) is 44.3 Å². The Morgan fingerprint density at radius 2 is 1.78 bits per heavy atom. The number of hydrogen-bond acceptors (Lipinski definition) is 7. The summed E-state index contributed by atoms with van der Waals surface area (Å²) in [5.41, 5.74) is 6.42. The number of hydrogen-bond donors (Lipinski definition) is 3. The maximum Gasteiger partial charge on any atom is 0.294 e. The van der Waals surface area contributed by atoms with Crippen molar-refractivity contribution in [3.8, 4) is 34.0 Å². The summed E-state index contributed by atoms with van der Waals surface area (Å²) < 4.78 is 13.1. The molecule has 3 aromatic carbocycles. The highest BCUT2D eigenvalue weighted by Gasteiger charge is 2.31. The topological polar surface area (TPSA) is 118 Å². The molecular weight excluding hydrogens is 494 g/mol. The van der Waals surface area contributed by atoms with Crippen LogP contribution in [0.4, 0.5) is 0 Å². The van der Waals surface area contributed by atoms with Gasteiger partial charge in [0.1, 0.15) is 24.9 Å². The van der Waals surface area contributed by atoms with Crippen LogP contribution in [0.25, 0.3) is 39.0 Å². The van der Waals surface area contributed by atoms with Crippen LogP contribution in [0.3, 0.4) is 0 Å². The quantitative estimate of drug-likeness (QED) is 0.311. The molecule has 0 saturated carbocycles. The summed E-state index contributed by atoms with van der Waals surface area (Å²) in [6.45, 7) is 0.0396. The molecule has 0 amide bonds. The van der Waals surface area contributed by atoms with E-state index in [1.807, 2.05) is 36.4 Å². The average molecular weight is 518 g/mol. The first-order valence-electron chi connectivity index (χ1n) is 11.9. The van der Waals surface area contributed by atoms with Gasteiger partial charge < -0.3 is 24.7 Å². The summed E-state index contributed by atoms with van der Waals surface area (Å²) in [5, 5.41) is 24.1. The Kier molecular flexibility index (Phi) is 6.35. The smallest absolute Gasteiger partial charge is 0.294 e. The van der Waals surface area contributed by atoms with Crippen LogP contribution in [0, 0.1) is 0 Å². The van der Waals surface area contributed by atoms with Crippen LogP contribution < -0.4 is 4.74 Å². The highest BCUT2D eigenvalue weighted by molar-refractivity contribution is 6.34. The molecule has 3 N–H and O–H groups in total. The molecule has 1 saturated heterocycles. The van der Waals surface area contributed by atoms with E-state index in [4.69, 9.17) is 21.1 Å². The number of nitrogens with zero attached hydrogens (tertiary/aromatic N) is 4. The van der Waals surface area contributed by atoms with Gasteiger partial charge in [0.05, 0.1) is 41.1 Å². The number of aliphatic hydroxyl groups excluding tert-OH is 2. The van der Waals surface area contributed by atoms with Crippen molar-refractivity contribution in [3.05, 3.63) is 78.3 Å². The van der Waals surface area contributed by atoms with Gasteiger partial charge in [-0.15, -0.1) is 0 Å². The maximum absolute atomic E-state index is 10.1. The van der Waals surface area contributed by atoms with E-state index in [-0.39, 0.29) is 19.3 Å². The molecule has 9 nitrogen and oxygen atoms in total. The highest BCUT2D eigenvalue weighted by Crippen LogP contribution is 2.34. The summed E-state index contributed by atoms with van der Waals surface area (Å²) >= 11 is 6.63. The predicted octanol–water partition coefficient (Wildman–Crippen LogP) is 4.02. The number of halogens is 1. The molecule has 3 heterocycles. The first kappa shape index (κ1) is 23.6.